The van der Waals surface area contributed by atoms with Crippen LogP contribution in [-0.4, -0.2) is 17.8 Å². The Kier molecular flexibility index (Phi) is 5.95. The van der Waals surface area contributed by atoms with Crippen LogP contribution >= 0.6 is 15.9 Å². The number of halogens is 2. The van der Waals surface area contributed by atoms with E-state index in [9.17, 15) is 4.39 Å². The van der Waals surface area contributed by atoms with E-state index in [1.807, 2.05) is 6.07 Å². The molecule has 0 aliphatic carbocycles. The quantitative estimate of drug-likeness (QED) is 0.844. The maximum Gasteiger partial charge on any atom is 0.124 e. The van der Waals surface area contributed by atoms with E-state index in [2.05, 4.69) is 28.2 Å². The van der Waals surface area contributed by atoms with E-state index in [0.29, 0.717) is 6.54 Å². The minimum Gasteiger partial charge on any atom is -0.396 e. The molecule has 1 atom stereocenters. The van der Waals surface area contributed by atoms with Gasteiger partial charge in [0.2, 0.25) is 0 Å². The lowest BCUT2D eigenvalue weighted by Crippen LogP contribution is -2.28. The molecule has 1 aromatic rings. The molecule has 0 bridgehead atoms. The number of aliphatic hydroxyl groups is 1. The van der Waals surface area contributed by atoms with Gasteiger partial charge in [-0.1, -0.05) is 22.9 Å². The smallest absolute Gasteiger partial charge is 0.124 e. The van der Waals surface area contributed by atoms with Crippen molar-refractivity contribution in [1.29, 1.82) is 0 Å². The lowest BCUT2D eigenvalue weighted by molar-refractivity contribution is 0.262. The van der Waals surface area contributed by atoms with Crippen molar-refractivity contribution < 1.29 is 9.50 Å². The summed E-state index contributed by atoms with van der Waals surface area (Å²) in [4.78, 5) is 0. The molecule has 4 heteroatoms. The average Bonchev–Trinajstić information content (AvgIpc) is 2.23. The summed E-state index contributed by atoms with van der Waals surface area (Å²) in [6.45, 7) is 2.86. The highest BCUT2D eigenvalue weighted by Gasteiger charge is 2.05. The van der Waals surface area contributed by atoms with Gasteiger partial charge in [0.25, 0.3) is 0 Å². The second-order valence-corrected chi connectivity index (χ2v) is 4.69. The summed E-state index contributed by atoms with van der Waals surface area (Å²) in [6.07, 6.45) is 1.68. The van der Waals surface area contributed by atoms with Crippen molar-refractivity contribution in [3.63, 3.8) is 0 Å². The van der Waals surface area contributed by atoms with Crippen LogP contribution in [0.1, 0.15) is 25.3 Å². The predicted molar refractivity (Wildman–Crippen MR) is 66.7 cm³/mol. The molecule has 0 aliphatic rings. The van der Waals surface area contributed by atoms with Gasteiger partial charge in [0.15, 0.2) is 0 Å². The first-order valence-corrected chi connectivity index (χ1v) is 6.24. The van der Waals surface area contributed by atoms with Crippen LogP contribution in [0.3, 0.4) is 0 Å². The van der Waals surface area contributed by atoms with Gasteiger partial charge in [-0.3, -0.25) is 0 Å². The molecule has 0 heterocycles. The van der Waals surface area contributed by atoms with Gasteiger partial charge in [-0.05, 0) is 36.6 Å². The molecule has 0 saturated heterocycles. The van der Waals surface area contributed by atoms with Gasteiger partial charge in [0, 0.05) is 23.7 Å². The molecule has 2 N–H and O–H groups in total. The molecule has 0 amide bonds. The van der Waals surface area contributed by atoms with Crippen molar-refractivity contribution in [2.75, 3.05) is 6.61 Å². The highest BCUT2D eigenvalue weighted by atomic mass is 79.9. The van der Waals surface area contributed by atoms with E-state index >= 15 is 0 Å². The number of rotatable bonds is 6. The maximum absolute atomic E-state index is 13.1. The first kappa shape index (κ1) is 13.6. The second kappa shape index (κ2) is 6.99. The SMILES string of the molecule is CCC(CCO)NCc1cc(F)cc(Br)c1. The van der Waals surface area contributed by atoms with Gasteiger partial charge in [-0.25, -0.2) is 4.39 Å². The standard InChI is InChI=1S/C12H17BrFNO/c1-2-12(3-4-16)15-8-9-5-10(13)7-11(14)6-9/h5-7,12,15-16H,2-4,8H2,1H3. The lowest BCUT2D eigenvalue weighted by Gasteiger charge is -2.15. The topological polar surface area (TPSA) is 32.3 Å². The monoisotopic (exact) mass is 289 g/mol. The van der Waals surface area contributed by atoms with E-state index in [4.69, 9.17) is 5.11 Å². The van der Waals surface area contributed by atoms with Crippen LogP contribution in [0, 0.1) is 5.82 Å². The summed E-state index contributed by atoms with van der Waals surface area (Å²) >= 11 is 3.26. The van der Waals surface area contributed by atoms with Gasteiger partial charge >= 0.3 is 0 Å². The highest BCUT2D eigenvalue weighted by Crippen LogP contribution is 2.15. The second-order valence-electron chi connectivity index (χ2n) is 3.78. The van der Waals surface area contributed by atoms with Gasteiger partial charge in [-0.2, -0.15) is 0 Å². The first-order valence-electron chi connectivity index (χ1n) is 5.45. The van der Waals surface area contributed by atoms with Crippen LogP contribution in [0.2, 0.25) is 0 Å². The molecule has 0 aromatic heterocycles. The number of aliphatic hydroxyl groups excluding tert-OH is 1. The average molecular weight is 290 g/mol. The molecular formula is C12H17BrFNO. The first-order chi connectivity index (χ1) is 7.65. The summed E-state index contributed by atoms with van der Waals surface area (Å²) in [6, 6.07) is 5.13. The van der Waals surface area contributed by atoms with Gasteiger partial charge in [0.05, 0.1) is 0 Å². The summed E-state index contributed by atoms with van der Waals surface area (Å²) in [5, 5.41) is 12.1. The number of nitrogens with one attached hydrogen (secondary N) is 1. The van der Waals surface area contributed by atoms with E-state index in [1.165, 1.54) is 12.1 Å². The van der Waals surface area contributed by atoms with Crippen LogP contribution < -0.4 is 5.32 Å². The molecule has 90 valence electrons. The minimum atomic E-state index is -0.235. The minimum absolute atomic E-state index is 0.179. The fourth-order valence-corrected chi connectivity index (χ4v) is 2.09. The van der Waals surface area contributed by atoms with Crippen molar-refractivity contribution in [1.82, 2.24) is 5.32 Å². The van der Waals surface area contributed by atoms with E-state index in [-0.39, 0.29) is 18.5 Å². The summed E-state index contributed by atoms with van der Waals surface area (Å²) in [7, 11) is 0. The molecule has 0 fully saturated rings. The molecule has 16 heavy (non-hydrogen) atoms. The van der Waals surface area contributed by atoms with Crippen LogP contribution in [0.4, 0.5) is 4.39 Å². The van der Waals surface area contributed by atoms with Crippen molar-refractivity contribution in [3.8, 4) is 0 Å². The Hall–Kier alpha value is -0.450. The van der Waals surface area contributed by atoms with Crippen molar-refractivity contribution >= 4 is 15.9 Å². The Labute approximate surface area is 104 Å². The van der Waals surface area contributed by atoms with Crippen molar-refractivity contribution in [3.05, 3.63) is 34.1 Å². The molecule has 2 nitrogen and oxygen atoms in total. The number of hydrogen-bond donors (Lipinski definition) is 2. The Morgan fingerprint density at radius 2 is 2.19 bits per heavy atom. The third-order valence-electron chi connectivity index (χ3n) is 2.49. The van der Waals surface area contributed by atoms with E-state index in [1.54, 1.807) is 0 Å². The Bertz CT molecular complexity index is 313. The predicted octanol–water partition coefficient (Wildman–Crippen LogP) is 2.84. The lowest BCUT2D eigenvalue weighted by atomic mass is 10.1. The van der Waals surface area contributed by atoms with Crippen molar-refractivity contribution in [2.45, 2.75) is 32.4 Å². The Balaban J connectivity index is 2.52. The van der Waals surface area contributed by atoms with Crippen LogP contribution in [0.5, 0.6) is 0 Å². The molecule has 1 rings (SSSR count). The molecule has 0 aliphatic heterocycles. The van der Waals surface area contributed by atoms with Gasteiger partial charge in [-0.15, -0.1) is 0 Å². The van der Waals surface area contributed by atoms with Crippen molar-refractivity contribution in [2.24, 2.45) is 0 Å². The van der Waals surface area contributed by atoms with Gasteiger partial charge < -0.3 is 10.4 Å². The third-order valence-corrected chi connectivity index (χ3v) is 2.95. The normalized spacial score (nSPS) is 12.8. The Morgan fingerprint density at radius 3 is 2.75 bits per heavy atom. The van der Waals surface area contributed by atoms with Crippen LogP contribution in [-0.2, 0) is 6.54 Å². The zero-order chi connectivity index (χ0) is 12.0. The Morgan fingerprint density at radius 1 is 1.44 bits per heavy atom. The van der Waals surface area contributed by atoms with E-state index in [0.717, 1.165) is 22.9 Å². The number of hydrogen-bond acceptors (Lipinski definition) is 2. The molecule has 0 radical (unpaired) electrons. The molecule has 1 aromatic carbocycles. The maximum atomic E-state index is 13.1. The fourth-order valence-electron chi connectivity index (χ4n) is 1.58. The zero-order valence-electron chi connectivity index (χ0n) is 9.34. The van der Waals surface area contributed by atoms with E-state index < -0.39 is 0 Å². The zero-order valence-corrected chi connectivity index (χ0v) is 10.9. The molecule has 1 unspecified atom stereocenters. The molecule has 0 spiro atoms. The third kappa shape index (κ3) is 4.60. The largest absolute Gasteiger partial charge is 0.396 e. The molecule has 0 saturated carbocycles. The summed E-state index contributed by atoms with van der Waals surface area (Å²) in [5.74, 6) is -0.235. The van der Waals surface area contributed by atoms with Crippen LogP contribution in [0.25, 0.3) is 0 Å². The fraction of sp³-hybridized carbons (Fsp3) is 0.500. The summed E-state index contributed by atoms with van der Waals surface area (Å²) in [5.41, 5.74) is 0.906. The van der Waals surface area contributed by atoms with Gasteiger partial charge in [0.1, 0.15) is 5.82 Å². The van der Waals surface area contributed by atoms with Crippen LogP contribution in [0.15, 0.2) is 22.7 Å². The molecular weight excluding hydrogens is 273 g/mol. The summed E-state index contributed by atoms with van der Waals surface area (Å²) < 4.78 is 13.8. The number of benzene rings is 1. The highest BCUT2D eigenvalue weighted by molar-refractivity contribution is 9.10.